The Morgan fingerprint density at radius 3 is 2.53 bits per heavy atom. The van der Waals surface area contributed by atoms with Gasteiger partial charge in [0.25, 0.3) is 0 Å². The quantitative estimate of drug-likeness (QED) is 0.718. The van der Waals surface area contributed by atoms with Crippen LogP contribution < -0.4 is 11.1 Å². The number of carbonyl (C=O) groups is 1. The predicted molar refractivity (Wildman–Crippen MR) is 85.6 cm³/mol. The molecule has 0 radical (unpaired) electrons. The largest absolute Gasteiger partial charge is 0.325 e. The lowest BCUT2D eigenvalue weighted by Gasteiger charge is -2.15. The molecular weight excluding hydrogens is 418 g/mol. The van der Waals surface area contributed by atoms with E-state index >= 15 is 0 Å². The Balaban J connectivity index is 0.00000256. The number of nitrogens with one attached hydrogen (secondary N) is 1. The first-order valence-electron chi connectivity index (χ1n) is 4.93. The van der Waals surface area contributed by atoms with E-state index in [2.05, 4.69) is 43.8 Å². The minimum Gasteiger partial charge on any atom is -0.325 e. The third kappa shape index (κ3) is 5.11. The number of rotatable bonds is 3. The van der Waals surface area contributed by atoms with Gasteiger partial charge in [0.1, 0.15) is 0 Å². The molecule has 0 aromatic heterocycles. The summed E-state index contributed by atoms with van der Waals surface area (Å²) in [4.78, 5) is 11.7. The minimum absolute atomic E-state index is 0. The Labute approximate surface area is 130 Å². The second-order valence-corrected chi connectivity index (χ2v) is 5.90. The van der Waals surface area contributed by atoms with E-state index in [0.717, 1.165) is 13.7 Å². The first-order valence-corrected chi connectivity index (χ1v) is 6.80. The number of nitrogens with two attached hydrogens (primary N) is 1. The summed E-state index contributed by atoms with van der Waals surface area (Å²) >= 11 is 5.60. The van der Waals surface area contributed by atoms with Gasteiger partial charge in [0, 0.05) is 13.7 Å². The third-order valence-corrected chi connectivity index (χ3v) is 4.53. The Hall–Kier alpha value is 0.150. The van der Waals surface area contributed by atoms with Gasteiger partial charge in [0.05, 0.1) is 6.04 Å². The van der Waals surface area contributed by atoms with Gasteiger partial charge >= 0.3 is 0 Å². The van der Waals surface area contributed by atoms with Gasteiger partial charge in [-0.2, -0.15) is 0 Å². The summed E-state index contributed by atoms with van der Waals surface area (Å²) in [5.41, 5.74) is 6.52. The normalized spacial score (nSPS) is 11.9. The number of anilines is 1. The van der Waals surface area contributed by atoms with Gasteiger partial charge in [-0.05, 0) is 62.6 Å². The molecule has 0 aliphatic heterocycles. The van der Waals surface area contributed by atoms with E-state index in [-0.39, 0.29) is 24.2 Å². The summed E-state index contributed by atoms with van der Waals surface area (Å²) in [6, 6.07) is 5.17. The van der Waals surface area contributed by atoms with Gasteiger partial charge in [-0.25, -0.2) is 0 Å². The number of halogens is 3. The molecule has 3 nitrogen and oxygen atoms in total. The fourth-order valence-electron chi connectivity index (χ4n) is 1.10. The van der Waals surface area contributed by atoms with Crippen LogP contribution in [0, 0.1) is 9.49 Å². The van der Waals surface area contributed by atoms with Gasteiger partial charge < -0.3 is 11.1 Å². The average Bonchev–Trinajstić information content (AvgIpc) is 2.22. The molecule has 0 heterocycles. The van der Waals surface area contributed by atoms with Crippen molar-refractivity contribution in [2.45, 2.75) is 19.9 Å². The van der Waals surface area contributed by atoms with Crippen molar-refractivity contribution >= 4 is 62.5 Å². The molecule has 0 bridgehead atoms. The van der Waals surface area contributed by atoms with Crippen LogP contribution in [0.4, 0.5) is 5.69 Å². The van der Waals surface area contributed by atoms with Gasteiger partial charge in [-0.15, -0.1) is 12.4 Å². The van der Waals surface area contributed by atoms with Crippen LogP contribution in [-0.4, -0.2) is 11.9 Å². The van der Waals surface area contributed by atoms with Gasteiger partial charge in [-0.1, -0.05) is 13.8 Å². The molecule has 1 unspecified atom stereocenters. The van der Waals surface area contributed by atoms with E-state index in [4.69, 9.17) is 5.73 Å². The van der Waals surface area contributed by atoms with E-state index in [1.165, 1.54) is 0 Å². The highest BCUT2D eigenvalue weighted by molar-refractivity contribution is 14.1. The summed E-state index contributed by atoms with van der Waals surface area (Å²) in [5, 5.41) is 2.80. The van der Waals surface area contributed by atoms with Crippen LogP contribution in [0.15, 0.2) is 22.7 Å². The zero-order valence-corrected chi connectivity index (χ0v) is 14.1. The maximum absolute atomic E-state index is 11.7. The maximum atomic E-state index is 11.7. The highest BCUT2D eigenvalue weighted by Gasteiger charge is 2.17. The molecule has 1 rings (SSSR count). The fraction of sp³-hybridized carbons (Fsp3) is 0.364. The SMILES string of the molecule is CC(C)C(N)C(=O)Nc1ccc(Br)c(I)c1.Cl. The standard InChI is InChI=1S/C11H14BrIN2O.ClH/c1-6(2)10(14)11(16)15-7-3-4-8(12)9(13)5-7;/h3-6,10H,14H2,1-2H3,(H,15,16);1H. The summed E-state index contributed by atoms with van der Waals surface area (Å²) in [6.45, 7) is 3.85. The van der Waals surface area contributed by atoms with Crippen LogP contribution in [0.5, 0.6) is 0 Å². The number of carbonyl (C=O) groups excluding carboxylic acids is 1. The summed E-state index contributed by atoms with van der Waals surface area (Å²) < 4.78 is 2.06. The van der Waals surface area contributed by atoms with Crippen LogP contribution in [0.1, 0.15) is 13.8 Å². The first-order chi connectivity index (χ1) is 7.41. The Morgan fingerprint density at radius 2 is 2.06 bits per heavy atom. The maximum Gasteiger partial charge on any atom is 0.241 e. The molecule has 0 aliphatic rings. The minimum atomic E-state index is -0.471. The number of amides is 1. The van der Waals surface area contributed by atoms with Crippen molar-refractivity contribution in [3.8, 4) is 0 Å². The molecule has 0 fully saturated rings. The van der Waals surface area contributed by atoms with E-state index in [1.54, 1.807) is 0 Å². The lowest BCUT2D eigenvalue weighted by atomic mass is 10.1. The van der Waals surface area contributed by atoms with Crippen molar-refractivity contribution in [1.82, 2.24) is 0 Å². The molecule has 0 spiro atoms. The molecule has 0 saturated carbocycles. The third-order valence-electron chi connectivity index (χ3n) is 2.21. The molecular formula is C11H15BrClIN2O. The highest BCUT2D eigenvalue weighted by atomic mass is 127. The molecule has 0 aliphatic carbocycles. The zero-order valence-electron chi connectivity index (χ0n) is 9.54. The first kappa shape index (κ1) is 17.2. The van der Waals surface area contributed by atoms with Gasteiger partial charge in [-0.3, -0.25) is 4.79 Å². The summed E-state index contributed by atoms with van der Waals surface area (Å²) in [6.07, 6.45) is 0. The molecule has 1 aromatic rings. The molecule has 6 heteroatoms. The van der Waals surface area contributed by atoms with E-state index in [9.17, 15) is 4.79 Å². The molecule has 1 amide bonds. The molecule has 3 N–H and O–H groups in total. The molecule has 17 heavy (non-hydrogen) atoms. The molecule has 1 atom stereocenters. The van der Waals surface area contributed by atoms with Gasteiger partial charge in [0.2, 0.25) is 5.91 Å². The Morgan fingerprint density at radius 1 is 1.47 bits per heavy atom. The summed E-state index contributed by atoms with van der Waals surface area (Å²) in [7, 11) is 0. The zero-order chi connectivity index (χ0) is 12.3. The summed E-state index contributed by atoms with van der Waals surface area (Å²) in [5.74, 6) is -0.0114. The van der Waals surface area contributed by atoms with E-state index in [1.807, 2.05) is 32.0 Å². The number of benzene rings is 1. The van der Waals surface area contributed by atoms with Crippen molar-refractivity contribution in [2.24, 2.45) is 11.7 Å². The van der Waals surface area contributed by atoms with Crippen molar-refractivity contribution in [3.05, 3.63) is 26.2 Å². The topological polar surface area (TPSA) is 55.1 Å². The average molecular weight is 434 g/mol. The van der Waals surface area contributed by atoms with Crippen molar-refractivity contribution in [1.29, 1.82) is 0 Å². The van der Waals surface area contributed by atoms with Crippen LogP contribution in [-0.2, 0) is 4.79 Å². The second kappa shape index (κ2) is 7.56. The number of hydrogen-bond donors (Lipinski definition) is 2. The lowest BCUT2D eigenvalue weighted by molar-refractivity contribution is -0.118. The molecule has 0 saturated heterocycles. The van der Waals surface area contributed by atoms with Crippen molar-refractivity contribution < 1.29 is 4.79 Å². The predicted octanol–water partition coefficient (Wildman–Crippen LogP) is 3.40. The molecule has 96 valence electrons. The Bertz CT molecular complexity index is 401. The Kier molecular flexibility index (Phi) is 7.62. The van der Waals surface area contributed by atoms with Crippen LogP contribution in [0.2, 0.25) is 0 Å². The van der Waals surface area contributed by atoms with Crippen molar-refractivity contribution in [2.75, 3.05) is 5.32 Å². The second-order valence-electron chi connectivity index (χ2n) is 3.89. The molecule has 1 aromatic carbocycles. The van der Waals surface area contributed by atoms with Crippen LogP contribution >= 0.6 is 50.9 Å². The van der Waals surface area contributed by atoms with Gasteiger partial charge in [0.15, 0.2) is 0 Å². The highest BCUT2D eigenvalue weighted by Crippen LogP contribution is 2.22. The van der Waals surface area contributed by atoms with Crippen LogP contribution in [0.25, 0.3) is 0 Å². The fourth-order valence-corrected chi connectivity index (χ4v) is 1.86. The monoisotopic (exact) mass is 432 g/mol. The smallest absolute Gasteiger partial charge is 0.241 e. The van der Waals surface area contributed by atoms with Crippen molar-refractivity contribution in [3.63, 3.8) is 0 Å². The lowest BCUT2D eigenvalue weighted by Crippen LogP contribution is -2.39. The van der Waals surface area contributed by atoms with E-state index < -0.39 is 6.04 Å². The van der Waals surface area contributed by atoms with Crippen LogP contribution in [0.3, 0.4) is 0 Å². The number of hydrogen-bond acceptors (Lipinski definition) is 2. The van der Waals surface area contributed by atoms with E-state index in [0.29, 0.717) is 0 Å².